The molecule has 1 aromatic rings. The zero-order chi connectivity index (χ0) is 12.7. The van der Waals surface area contributed by atoms with Gasteiger partial charge in [-0.25, -0.2) is 0 Å². The number of hydrogen-bond donors (Lipinski definition) is 1. The second-order valence-electron chi connectivity index (χ2n) is 3.10. The molecule has 2 N–H and O–H groups in total. The van der Waals surface area contributed by atoms with Gasteiger partial charge in [0, 0.05) is 29.6 Å². The predicted molar refractivity (Wildman–Crippen MR) is 68.4 cm³/mol. The van der Waals surface area contributed by atoms with Gasteiger partial charge in [-0.15, -0.1) is 0 Å². The molecule has 0 aliphatic carbocycles. The minimum Gasteiger partial charge on any atom is -0.394 e. The number of benzene rings is 1. The zero-order valence-corrected chi connectivity index (χ0v) is 10.6. The Morgan fingerprint density at radius 2 is 2.12 bits per heavy atom. The summed E-state index contributed by atoms with van der Waals surface area (Å²) in [6, 6.07) is 6.11. The summed E-state index contributed by atoms with van der Waals surface area (Å²) in [7, 11) is 0. The maximum Gasteiger partial charge on any atom is 0.269 e. The average Bonchev–Trinajstić information content (AvgIpc) is 2.35. The minimum atomic E-state index is -0.445. The molecule has 0 aliphatic heterocycles. The van der Waals surface area contributed by atoms with Crippen LogP contribution in [0, 0.1) is 10.1 Å². The van der Waals surface area contributed by atoms with Crippen molar-refractivity contribution in [2.75, 3.05) is 18.5 Å². The maximum atomic E-state index is 10.5. The highest BCUT2D eigenvalue weighted by atomic mass is 79.9. The Balaban J connectivity index is 2.82. The number of nitro benzene ring substituents is 1. The Kier molecular flexibility index (Phi) is 5.58. The molecule has 0 aromatic heterocycles. The van der Waals surface area contributed by atoms with Gasteiger partial charge in [-0.2, -0.15) is 0 Å². The van der Waals surface area contributed by atoms with Crippen molar-refractivity contribution in [2.24, 2.45) is 10.9 Å². The fraction of sp³-hybridized carbons (Fsp3) is 0.300. The normalized spacial score (nSPS) is 11.3. The minimum absolute atomic E-state index is 0.0468. The topological polar surface area (TPSA) is 90.8 Å². The molecule has 6 nitrogen and oxygen atoms in total. The molecular weight excluding hydrogens is 290 g/mol. The number of oxime groups is 1. The molecule has 92 valence electrons. The standard InChI is InChI=1S/C10H12BrN3O3/c11-7-10(13-17-6-5-12)8-1-3-9(4-2-8)14(15)16/h1-4H,5-7,12H2. The van der Waals surface area contributed by atoms with Crippen molar-refractivity contribution >= 4 is 27.3 Å². The Hall–Kier alpha value is -1.47. The van der Waals surface area contributed by atoms with Crippen molar-refractivity contribution in [3.63, 3.8) is 0 Å². The lowest BCUT2D eigenvalue weighted by molar-refractivity contribution is -0.384. The van der Waals surface area contributed by atoms with Crippen LogP contribution in [-0.4, -0.2) is 29.1 Å². The number of alkyl halides is 1. The van der Waals surface area contributed by atoms with E-state index in [0.29, 0.717) is 24.2 Å². The number of nitrogens with zero attached hydrogens (tertiary/aromatic N) is 2. The number of rotatable bonds is 6. The first-order valence-electron chi connectivity index (χ1n) is 4.88. The second kappa shape index (κ2) is 6.97. The van der Waals surface area contributed by atoms with E-state index in [9.17, 15) is 10.1 Å². The van der Waals surface area contributed by atoms with E-state index in [2.05, 4.69) is 21.1 Å². The summed E-state index contributed by atoms with van der Waals surface area (Å²) in [5.74, 6) is 0. The summed E-state index contributed by atoms with van der Waals surface area (Å²) >= 11 is 3.28. The molecule has 1 rings (SSSR count). The van der Waals surface area contributed by atoms with Crippen LogP contribution in [0.4, 0.5) is 5.69 Å². The highest BCUT2D eigenvalue weighted by Crippen LogP contribution is 2.13. The molecule has 0 atom stereocenters. The largest absolute Gasteiger partial charge is 0.394 e. The summed E-state index contributed by atoms with van der Waals surface area (Å²) in [6.07, 6.45) is 0. The molecule has 0 saturated heterocycles. The van der Waals surface area contributed by atoms with Gasteiger partial charge in [0.2, 0.25) is 0 Å². The van der Waals surface area contributed by atoms with E-state index in [1.165, 1.54) is 12.1 Å². The number of halogens is 1. The monoisotopic (exact) mass is 301 g/mol. The molecule has 1 aromatic carbocycles. The molecule has 0 unspecified atom stereocenters. The van der Waals surface area contributed by atoms with Gasteiger partial charge in [0.1, 0.15) is 6.61 Å². The van der Waals surface area contributed by atoms with Crippen LogP contribution in [0.25, 0.3) is 0 Å². The number of nitro groups is 1. The third-order valence-corrected chi connectivity index (χ3v) is 2.45. The van der Waals surface area contributed by atoms with Gasteiger partial charge >= 0.3 is 0 Å². The lowest BCUT2D eigenvalue weighted by atomic mass is 10.1. The lowest BCUT2D eigenvalue weighted by Crippen LogP contribution is -2.09. The zero-order valence-electron chi connectivity index (χ0n) is 9.01. The molecule has 0 radical (unpaired) electrons. The van der Waals surface area contributed by atoms with Gasteiger partial charge in [0.05, 0.1) is 10.6 Å². The number of nitrogens with two attached hydrogens (primary N) is 1. The third-order valence-electron chi connectivity index (χ3n) is 1.92. The first-order chi connectivity index (χ1) is 8.19. The van der Waals surface area contributed by atoms with Gasteiger partial charge in [-0.3, -0.25) is 10.1 Å². The Morgan fingerprint density at radius 1 is 1.47 bits per heavy atom. The van der Waals surface area contributed by atoms with Crippen molar-refractivity contribution < 1.29 is 9.76 Å². The fourth-order valence-corrected chi connectivity index (χ4v) is 1.53. The fourth-order valence-electron chi connectivity index (χ4n) is 1.11. The lowest BCUT2D eigenvalue weighted by Gasteiger charge is -2.03. The first-order valence-corrected chi connectivity index (χ1v) is 6.01. The molecule has 0 saturated carbocycles. The van der Waals surface area contributed by atoms with Crippen molar-refractivity contribution in [3.05, 3.63) is 39.9 Å². The molecule has 0 heterocycles. The van der Waals surface area contributed by atoms with Gasteiger partial charge in [0.25, 0.3) is 5.69 Å². The van der Waals surface area contributed by atoms with Crippen LogP contribution < -0.4 is 5.73 Å². The van der Waals surface area contributed by atoms with Gasteiger partial charge in [-0.05, 0) is 12.1 Å². The van der Waals surface area contributed by atoms with Crippen LogP contribution in [-0.2, 0) is 4.84 Å². The summed E-state index contributed by atoms with van der Waals surface area (Å²) in [5.41, 5.74) is 6.74. The summed E-state index contributed by atoms with van der Waals surface area (Å²) in [5, 5.41) is 14.9. The summed E-state index contributed by atoms with van der Waals surface area (Å²) < 4.78 is 0. The molecule has 0 amide bonds. The molecular formula is C10H12BrN3O3. The maximum absolute atomic E-state index is 10.5. The molecule has 0 aliphatic rings. The second-order valence-corrected chi connectivity index (χ2v) is 3.66. The predicted octanol–water partition coefficient (Wildman–Crippen LogP) is 1.67. The van der Waals surface area contributed by atoms with Gasteiger partial charge in [0.15, 0.2) is 0 Å². The van der Waals surface area contributed by atoms with Crippen LogP contribution >= 0.6 is 15.9 Å². The van der Waals surface area contributed by atoms with E-state index >= 15 is 0 Å². The quantitative estimate of drug-likeness (QED) is 0.284. The highest BCUT2D eigenvalue weighted by molar-refractivity contribution is 9.09. The van der Waals surface area contributed by atoms with Gasteiger partial charge < -0.3 is 10.6 Å². The number of non-ortho nitro benzene ring substituents is 1. The van der Waals surface area contributed by atoms with E-state index in [1.54, 1.807) is 12.1 Å². The van der Waals surface area contributed by atoms with Crippen molar-refractivity contribution in [1.82, 2.24) is 0 Å². The third kappa shape index (κ3) is 4.12. The SMILES string of the molecule is NCCON=C(CBr)c1ccc([N+](=O)[O-])cc1. The van der Waals surface area contributed by atoms with E-state index in [0.717, 1.165) is 5.56 Å². The van der Waals surface area contributed by atoms with Crippen molar-refractivity contribution in [3.8, 4) is 0 Å². The highest BCUT2D eigenvalue weighted by Gasteiger charge is 2.07. The number of hydrogen-bond acceptors (Lipinski definition) is 5. The molecule has 0 spiro atoms. The van der Waals surface area contributed by atoms with E-state index in [4.69, 9.17) is 10.6 Å². The van der Waals surface area contributed by atoms with Crippen molar-refractivity contribution in [2.45, 2.75) is 0 Å². The summed E-state index contributed by atoms with van der Waals surface area (Å²) in [6.45, 7) is 0.725. The Morgan fingerprint density at radius 3 is 2.59 bits per heavy atom. The Bertz CT molecular complexity index is 406. The van der Waals surface area contributed by atoms with Crippen LogP contribution in [0.1, 0.15) is 5.56 Å². The van der Waals surface area contributed by atoms with Crippen LogP contribution in [0.15, 0.2) is 29.4 Å². The van der Waals surface area contributed by atoms with Crippen LogP contribution in [0.3, 0.4) is 0 Å². The smallest absolute Gasteiger partial charge is 0.269 e. The van der Waals surface area contributed by atoms with E-state index in [1.807, 2.05) is 0 Å². The molecule has 17 heavy (non-hydrogen) atoms. The van der Waals surface area contributed by atoms with E-state index < -0.39 is 4.92 Å². The molecule has 7 heteroatoms. The first kappa shape index (κ1) is 13.6. The molecule has 0 bridgehead atoms. The van der Waals surface area contributed by atoms with E-state index in [-0.39, 0.29) is 5.69 Å². The van der Waals surface area contributed by atoms with Crippen molar-refractivity contribution in [1.29, 1.82) is 0 Å². The van der Waals surface area contributed by atoms with Crippen LogP contribution in [0.2, 0.25) is 0 Å². The average molecular weight is 302 g/mol. The summed E-state index contributed by atoms with van der Waals surface area (Å²) in [4.78, 5) is 15.0. The van der Waals surface area contributed by atoms with Crippen LogP contribution in [0.5, 0.6) is 0 Å². The Labute approximate surface area is 107 Å². The molecule has 0 fully saturated rings. The van der Waals surface area contributed by atoms with Gasteiger partial charge in [-0.1, -0.05) is 21.1 Å².